The minimum Gasteiger partial charge on any atom is -0.496 e. The van der Waals surface area contributed by atoms with E-state index in [0.29, 0.717) is 0 Å². The van der Waals surface area contributed by atoms with Gasteiger partial charge in [0.25, 0.3) is 0 Å². The van der Waals surface area contributed by atoms with Crippen LogP contribution in [-0.2, 0) is 4.79 Å². The number of amides is 2. The van der Waals surface area contributed by atoms with Crippen molar-refractivity contribution in [2.75, 3.05) is 17.7 Å². The molecule has 0 aliphatic rings. The molecule has 0 bridgehead atoms. The fourth-order valence-electron chi connectivity index (χ4n) is 3.17. The number of anilines is 2. The van der Waals surface area contributed by atoms with Crippen LogP contribution in [-0.4, -0.2) is 30.0 Å². The van der Waals surface area contributed by atoms with Gasteiger partial charge in [0, 0.05) is 22.8 Å². The van der Waals surface area contributed by atoms with Gasteiger partial charge in [0.2, 0.25) is 5.91 Å². The van der Waals surface area contributed by atoms with Gasteiger partial charge in [-0.3, -0.25) is 14.9 Å². The van der Waals surface area contributed by atoms with Crippen molar-refractivity contribution >= 4 is 29.2 Å². The van der Waals surface area contributed by atoms with Crippen LogP contribution >= 0.6 is 0 Å². The zero-order chi connectivity index (χ0) is 24.0. The lowest BCUT2D eigenvalue weighted by Crippen LogP contribution is -2.19. The Kier molecular flexibility index (Phi) is 7.00. The van der Waals surface area contributed by atoms with E-state index in [9.17, 15) is 18.8 Å². The second-order valence-electron chi connectivity index (χ2n) is 6.85. The molecule has 2 amide bonds. The van der Waals surface area contributed by atoms with Crippen molar-refractivity contribution in [1.29, 1.82) is 5.26 Å². The zero-order valence-electron chi connectivity index (χ0n) is 17.4. The van der Waals surface area contributed by atoms with Crippen molar-refractivity contribution < 1.29 is 28.6 Å². The molecule has 0 atom stereocenters. The first kappa shape index (κ1) is 23.0. The van der Waals surface area contributed by atoms with E-state index in [2.05, 4.69) is 10.6 Å². The summed E-state index contributed by atoms with van der Waals surface area (Å²) in [5.74, 6) is -1.62. The van der Waals surface area contributed by atoms with Crippen LogP contribution in [0.5, 0.6) is 5.75 Å². The number of carbonyl (C=O) groups is 3. The van der Waals surface area contributed by atoms with E-state index in [0.717, 1.165) is 0 Å². The fraction of sp³-hybridized carbons (Fsp3) is 0.0833. The van der Waals surface area contributed by atoms with Gasteiger partial charge in [-0.05, 0) is 24.3 Å². The highest BCUT2D eigenvalue weighted by atomic mass is 19.1. The molecule has 0 radical (unpaired) electrons. The van der Waals surface area contributed by atoms with Crippen molar-refractivity contribution in [2.24, 2.45) is 0 Å². The number of rotatable bonds is 7. The normalized spacial score (nSPS) is 10.1. The monoisotopic (exact) mass is 447 g/mol. The number of methoxy groups -OCH3 is 1. The minimum atomic E-state index is -1.39. The van der Waals surface area contributed by atoms with Crippen molar-refractivity contribution in [1.82, 2.24) is 0 Å². The van der Waals surface area contributed by atoms with E-state index in [1.165, 1.54) is 61.7 Å². The van der Waals surface area contributed by atoms with Crippen molar-refractivity contribution in [3.05, 3.63) is 77.6 Å². The first-order chi connectivity index (χ1) is 15.8. The number of hydrogen-bond donors (Lipinski definition) is 3. The molecule has 0 unspecified atom stereocenters. The van der Waals surface area contributed by atoms with Crippen LogP contribution in [0.25, 0.3) is 11.1 Å². The van der Waals surface area contributed by atoms with Gasteiger partial charge in [0.05, 0.1) is 36.5 Å². The van der Waals surface area contributed by atoms with Crippen LogP contribution in [0, 0.1) is 17.1 Å². The van der Waals surface area contributed by atoms with Gasteiger partial charge in [-0.25, -0.2) is 9.18 Å². The van der Waals surface area contributed by atoms with E-state index >= 15 is 0 Å². The molecule has 8 nitrogen and oxygen atoms in total. The van der Waals surface area contributed by atoms with E-state index in [1.54, 1.807) is 6.07 Å². The summed E-state index contributed by atoms with van der Waals surface area (Å²) in [6, 6.07) is 16.4. The summed E-state index contributed by atoms with van der Waals surface area (Å²) in [6.45, 7) is 0. The van der Waals surface area contributed by atoms with Gasteiger partial charge in [-0.2, -0.15) is 5.26 Å². The van der Waals surface area contributed by atoms with Crippen molar-refractivity contribution in [3.8, 4) is 22.9 Å². The first-order valence-electron chi connectivity index (χ1n) is 9.62. The number of ketones is 1. The van der Waals surface area contributed by atoms with Gasteiger partial charge >= 0.3 is 6.09 Å². The average molecular weight is 447 g/mol. The highest BCUT2D eigenvalue weighted by Crippen LogP contribution is 2.38. The van der Waals surface area contributed by atoms with Crippen LogP contribution in [0.15, 0.2) is 60.7 Å². The van der Waals surface area contributed by atoms with Crippen molar-refractivity contribution in [3.63, 3.8) is 0 Å². The topological polar surface area (TPSA) is 129 Å². The van der Waals surface area contributed by atoms with E-state index in [4.69, 9.17) is 15.1 Å². The number of nitriles is 1. The molecule has 3 aromatic rings. The molecular weight excluding hydrogens is 429 g/mol. The third-order valence-electron chi connectivity index (χ3n) is 4.65. The summed E-state index contributed by atoms with van der Waals surface area (Å²) in [5, 5.41) is 22.8. The number of Topliss-reactive ketones (excluding diaryl/α,β-unsaturated/α-hetero) is 1. The summed E-state index contributed by atoms with van der Waals surface area (Å²) in [6.07, 6.45) is -1.95. The van der Waals surface area contributed by atoms with Crippen LogP contribution in [0.1, 0.15) is 22.3 Å². The summed E-state index contributed by atoms with van der Waals surface area (Å²) in [4.78, 5) is 36.3. The molecule has 166 valence electrons. The fourth-order valence-corrected chi connectivity index (χ4v) is 3.17. The lowest BCUT2D eigenvalue weighted by Gasteiger charge is -2.17. The van der Waals surface area contributed by atoms with Gasteiger partial charge in [-0.1, -0.05) is 30.3 Å². The highest BCUT2D eigenvalue weighted by Gasteiger charge is 2.19. The maximum Gasteiger partial charge on any atom is 0.409 e. The van der Waals surface area contributed by atoms with Crippen LogP contribution in [0.3, 0.4) is 0 Å². The molecular formula is C24H18FN3O5. The molecule has 0 saturated heterocycles. The number of carboxylic acid groups (broad SMARTS) is 1. The number of carbonyl (C=O) groups excluding carboxylic acids is 2. The molecule has 33 heavy (non-hydrogen) atoms. The molecule has 0 aliphatic heterocycles. The SMILES string of the molecule is COc1cc(NC(=O)O)c(NC(=O)CC(=O)c2cccc(C#N)c2)cc1-c1ccccc1F. The molecule has 9 heteroatoms. The Morgan fingerprint density at radius 3 is 2.39 bits per heavy atom. The summed E-state index contributed by atoms with van der Waals surface area (Å²) < 4.78 is 19.7. The predicted octanol–water partition coefficient (Wildman–Crippen LogP) is 4.67. The number of nitrogens with zero attached hydrogens (tertiary/aromatic N) is 1. The molecule has 0 saturated carbocycles. The second-order valence-corrected chi connectivity index (χ2v) is 6.85. The lowest BCUT2D eigenvalue weighted by atomic mass is 10.0. The molecule has 0 aromatic heterocycles. The Morgan fingerprint density at radius 2 is 1.73 bits per heavy atom. The Hall–Kier alpha value is -4.71. The highest BCUT2D eigenvalue weighted by molar-refractivity contribution is 6.12. The first-order valence-corrected chi connectivity index (χ1v) is 9.62. The smallest absolute Gasteiger partial charge is 0.409 e. The Morgan fingerprint density at radius 1 is 1.00 bits per heavy atom. The minimum absolute atomic E-state index is 0.0139. The standard InChI is InChI=1S/C24H18FN3O5/c1-33-22-11-20(28-24(31)32)19(10-17(22)16-7-2-3-8-18(16)25)27-23(30)12-21(29)15-6-4-5-14(9-15)13-26/h2-11,28H,12H2,1H3,(H,27,30)(H,31,32). The summed E-state index contributed by atoms with van der Waals surface area (Å²) in [5.41, 5.74) is 0.909. The lowest BCUT2D eigenvalue weighted by molar-refractivity contribution is -0.115. The predicted molar refractivity (Wildman–Crippen MR) is 119 cm³/mol. The van der Waals surface area contributed by atoms with Gasteiger partial charge in [0.1, 0.15) is 11.6 Å². The maximum atomic E-state index is 14.4. The van der Waals surface area contributed by atoms with Gasteiger partial charge in [-0.15, -0.1) is 0 Å². The Bertz CT molecular complexity index is 1280. The third-order valence-corrected chi connectivity index (χ3v) is 4.65. The van der Waals surface area contributed by atoms with E-state index in [1.807, 2.05) is 6.07 Å². The molecule has 0 spiro atoms. The molecule has 3 N–H and O–H groups in total. The Labute approximate surface area is 188 Å². The largest absolute Gasteiger partial charge is 0.496 e. The van der Waals surface area contributed by atoms with Crippen molar-refractivity contribution in [2.45, 2.75) is 6.42 Å². The van der Waals surface area contributed by atoms with Gasteiger partial charge in [0.15, 0.2) is 5.78 Å². The number of hydrogen-bond acceptors (Lipinski definition) is 5. The second kappa shape index (κ2) is 10.1. The van der Waals surface area contributed by atoms with Crippen LogP contribution < -0.4 is 15.4 Å². The number of benzene rings is 3. The van der Waals surface area contributed by atoms with E-state index < -0.39 is 30.0 Å². The number of nitrogens with one attached hydrogen (secondary N) is 2. The number of halogens is 1. The van der Waals surface area contributed by atoms with Crippen LogP contribution in [0.2, 0.25) is 0 Å². The summed E-state index contributed by atoms with van der Waals surface area (Å²) in [7, 11) is 1.34. The molecule has 3 aromatic carbocycles. The molecule has 0 aliphatic carbocycles. The molecule has 0 fully saturated rings. The van der Waals surface area contributed by atoms with E-state index in [-0.39, 0.29) is 39.4 Å². The summed E-state index contributed by atoms with van der Waals surface area (Å²) >= 11 is 0. The van der Waals surface area contributed by atoms with Crippen LogP contribution in [0.4, 0.5) is 20.6 Å². The number of ether oxygens (including phenoxy) is 1. The molecule has 3 rings (SSSR count). The quantitative estimate of drug-likeness (QED) is 0.356. The third kappa shape index (κ3) is 5.51. The molecule has 0 heterocycles. The average Bonchev–Trinajstić information content (AvgIpc) is 2.80. The maximum absolute atomic E-state index is 14.4. The van der Waals surface area contributed by atoms with Gasteiger partial charge < -0.3 is 15.2 Å². The zero-order valence-corrected chi connectivity index (χ0v) is 17.4. The Balaban J connectivity index is 1.94.